The lowest BCUT2D eigenvalue weighted by atomic mass is 10.2. The minimum Gasteiger partial charge on any atom is -0.212 e. The molecule has 1 aromatic rings. The Morgan fingerprint density at radius 2 is 1.70 bits per heavy atom. The number of nitrogens with zero attached hydrogens (tertiary/aromatic N) is 1. The molecule has 0 aromatic heterocycles. The fourth-order valence-electron chi connectivity index (χ4n) is 2.62. The highest BCUT2D eigenvalue weighted by atomic mass is 32.2. The van der Waals surface area contributed by atoms with Crippen LogP contribution in [0.25, 0.3) is 0 Å². The smallest absolute Gasteiger partial charge is 0.212 e. The summed E-state index contributed by atoms with van der Waals surface area (Å²) in [5, 5.41) is 0. The minimum atomic E-state index is -3.68. The number of hydrogen-bond acceptors (Lipinski definition) is 4. The molecule has 6 nitrogen and oxygen atoms in total. The van der Waals surface area contributed by atoms with Crippen molar-refractivity contribution in [3.8, 4) is 0 Å². The van der Waals surface area contributed by atoms with E-state index in [1.807, 2.05) is 13.0 Å². The maximum atomic E-state index is 12.3. The number of rotatable bonds is 6. The van der Waals surface area contributed by atoms with Gasteiger partial charge in [-0.1, -0.05) is 25.0 Å². The molecule has 130 valence electrons. The van der Waals surface area contributed by atoms with Crippen LogP contribution in [0.3, 0.4) is 0 Å². The SMILES string of the molecule is Cc1cccc(S(=O)(=O)NCCS(=O)(=O)N2CCCCCC2)c1. The summed E-state index contributed by atoms with van der Waals surface area (Å²) in [7, 11) is -7.09. The Bertz CT molecular complexity index is 722. The zero-order chi connectivity index (χ0) is 16.9. The van der Waals surface area contributed by atoms with Gasteiger partial charge >= 0.3 is 0 Å². The molecule has 8 heteroatoms. The van der Waals surface area contributed by atoms with Crippen LogP contribution < -0.4 is 4.72 Å². The van der Waals surface area contributed by atoms with E-state index in [1.165, 1.54) is 10.4 Å². The monoisotopic (exact) mass is 360 g/mol. The Morgan fingerprint density at radius 3 is 2.30 bits per heavy atom. The lowest BCUT2D eigenvalue weighted by Crippen LogP contribution is -2.38. The van der Waals surface area contributed by atoms with Gasteiger partial charge < -0.3 is 0 Å². The minimum absolute atomic E-state index is 0.116. The molecule has 1 heterocycles. The molecule has 1 aromatic carbocycles. The van der Waals surface area contributed by atoms with Crippen molar-refractivity contribution in [3.63, 3.8) is 0 Å². The molecule has 1 N–H and O–H groups in total. The number of hydrogen-bond donors (Lipinski definition) is 1. The Morgan fingerprint density at radius 1 is 1.04 bits per heavy atom. The van der Waals surface area contributed by atoms with Crippen LogP contribution >= 0.6 is 0 Å². The van der Waals surface area contributed by atoms with Crippen LogP contribution in [0.2, 0.25) is 0 Å². The van der Waals surface area contributed by atoms with E-state index in [-0.39, 0.29) is 17.2 Å². The highest BCUT2D eigenvalue weighted by molar-refractivity contribution is 7.90. The molecule has 0 atom stereocenters. The van der Waals surface area contributed by atoms with Gasteiger partial charge in [-0.05, 0) is 37.5 Å². The zero-order valence-electron chi connectivity index (χ0n) is 13.4. The average molecular weight is 361 g/mol. The second-order valence-corrected chi connectivity index (χ2v) is 9.70. The third-order valence-electron chi connectivity index (χ3n) is 3.91. The maximum Gasteiger partial charge on any atom is 0.240 e. The van der Waals surface area contributed by atoms with Crippen molar-refractivity contribution in [3.05, 3.63) is 29.8 Å². The Hall–Kier alpha value is -0.960. The van der Waals surface area contributed by atoms with Crippen LogP contribution in [0.1, 0.15) is 31.2 Å². The van der Waals surface area contributed by atoms with E-state index in [1.54, 1.807) is 12.1 Å². The fraction of sp³-hybridized carbons (Fsp3) is 0.600. The lowest BCUT2D eigenvalue weighted by molar-refractivity contribution is 0.423. The van der Waals surface area contributed by atoms with Crippen molar-refractivity contribution in [2.24, 2.45) is 0 Å². The summed E-state index contributed by atoms with van der Waals surface area (Å²) in [6.07, 6.45) is 3.83. The predicted molar refractivity (Wildman–Crippen MR) is 90.2 cm³/mol. The molecule has 1 fully saturated rings. The molecule has 0 bridgehead atoms. The maximum absolute atomic E-state index is 12.3. The quantitative estimate of drug-likeness (QED) is 0.833. The van der Waals surface area contributed by atoms with Gasteiger partial charge in [0, 0.05) is 19.6 Å². The van der Waals surface area contributed by atoms with Gasteiger partial charge in [-0.2, -0.15) is 0 Å². The topological polar surface area (TPSA) is 83.5 Å². The summed E-state index contributed by atoms with van der Waals surface area (Å²) in [6.45, 7) is 2.76. The third kappa shape index (κ3) is 5.27. The predicted octanol–water partition coefficient (Wildman–Crippen LogP) is 1.48. The summed E-state index contributed by atoms with van der Waals surface area (Å²) in [5.41, 5.74) is 0.838. The van der Waals surface area contributed by atoms with Crippen molar-refractivity contribution in [2.75, 3.05) is 25.4 Å². The normalized spacial score (nSPS) is 17.8. The number of benzene rings is 1. The summed E-state index contributed by atoms with van der Waals surface area (Å²) < 4.78 is 52.8. The summed E-state index contributed by atoms with van der Waals surface area (Å²) in [4.78, 5) is 0.157. The molecule has 0 saturated carbocycles. The third-order valence-corrected chi connectivity index (χ3v) is 7.24. The van der Waals surface area contributed by atoms with Gasteiger partial charge in [0.25, 0.3) is 0 Å². The molecule has 0 amide bonds. The molecule has 0 aliphatic carbocycles. The Kier molecular flexibility index (Phi) is 6.19. The molecule has 1 aliphatic heterocycles. The summed E-state index contributed by atoms with van der Waals surface area (Å²) in [6, 6.07) is 6.53. The van der Waals surface area contributed by atoms with E-state index in [0.29, 0.717) is 13.1 Å². The summed E-state index contributed by atoms with van der Waals surface area (Å²) in [5.74, 6) is -0.210. The lowest BCUT2D eigenvalue weighted by Gasteiger charge is -2.19. The average Bonchev–Trinajstić information content (AvgIpc) is 2.76. The van der Waals surface area contributed by atoms with Gasteiger partial charge in [-0.3, -0.25) is 0 Å². The van der Waals surface area contributed by atoms with Crippen LogP contribution in [0, 0.1) is 6.92 Å². The van der Waals surface area contributed by atoms with Crippen molar-refractivity contribution in [1.29, 1.82) is 0 Å². The van der Waals surface area contributed by atoms with Crippen molar-refractivity contribution in [1.82, 2.24) is 9.03 Å². The molecule has 1 aliphatic rings. The van der Waals surface area contributed by atoms with Gasteiger partial charge in [0.2, 0.25) is 20.0 Å². The first-order chi connectivity index (χ1) is 10.8. The largest absolute Gasteiger partial charge is 0.240 e. The zero-order valence-corrected chi connectivity index (χ0v) is 15.0. The Labute approximate surface area is 139 Å². The van der Waals surface area contributed by atoms with Crippen molar-refractivity contribution >= 4 is 20.0 Å². The highest BCUT2D eigenvalue weighted by Gasteiger charge is 2.23. The first-order valence-corrected chi connectivity index (χ1v) is 10.9. The highest BCUT2D eigenvalue weighted by Crippen LogP contribution is 2.14. The molecule has 2 rings (SSSR count). The van der Waals surface area contributed by atoms with Crippen LogP contribution in [0.15, 0.2) is 29.2 Å². The second-order valence-electron chi connectivity index (χ2n) is 5.84. The van der Waals surface area contributed by atoms with Gasteiger partial charge in [-0.25, -0.2) is 25.9 Å². The van der Waals surface area contributed by atoms with Gasteiger partial charge in [0.15, 0.2) is 0 Å². The van der Waals surface area contributed by atoms with E-state index >= 15 is 0 Å². The van der Waals surface area contributed by atoms with E-state index in [9.17, 15) is 16.8 Å². The standard InChI is InChI=1S/C15H24N2O4S2/c1-14-7-6-8-15(13-14)23(20,21)16-9-12-22(18,19)17-10-4-2-3-5-11-17/h6-8,13,16H,2-5,9-12H2,1H3. The van der Waals surface area contributed by atoms with E-state index in [2.05, 4.69) is 4.72 Å². The summed E-state index contributed by atoms with van der Waals surface area (Å²) >= 11 is 0. The first-order valence-electron chi connectivity index (χ1n) is 7.85. The van der Waals surface area contributed by atoms with Crippen LogP contribution in [0.5, 0.6) is 0 Å². The van der Waals surface area contributed by atoms with Gasteiger partial charge in [0.1, 0.15) is 0 Å². The molecule has 0 unspecified atom stereocenters. The number of aryl methyl sites for hydroxylation is 1. The van der Waals surface area contributed by atoms with E-state index < -0.39 is 20.0 Å². The molecular weight excluding hydrogens is 336 g/mol. The van der Waals surface area contributed by atoms with Crippen LogP contribution in [-0.2, 0) is 20.0 Å². The molecule has 1 saturated heterocycles. The number of sulfonamides is 2. The fourth-order valence-corrected chi connectivity index (χ4v) is 5.32. The van der Waals surface area contributed by atoms with E-state index in [0.717, 1.165) is 31.2 Å². The molecular formula is C15H24N2O4S2. The van der Waals surface area contributed by atoms with Crippen LogP contribution in [-0.4, -0.2) is 46.5 Å². The van der Waals surface area contributed by atoms with Crippen molar-refractivity contribution < 1.29 is 16.8 Å². The van der Waals surface area contributed by atoms with Crippen LogP contribution in [0.4, 0.5) is 0 Å². The Balaban J connectivity index is 1.95. The van der Waals surface area contributed by atoms with Gasteiger partial charge in [0.05, 0.1) is 10.6 Å². The first kappa shape index (κ1) is 18.4. The number of nitrogens with one attached hydrogen (secondary N) is 1. The second kappa shape index (κ2) is 7.74. The molecule has 0 radical (unpaired) electrons. The van der Waals surface area contributed by atoms with Crippen molar-refractivity contribution in [2.45, 2.75) is 37.5 Å². The van der Waals surface area contributed by atoms with E-state index in [4.69, 9.17) is 0 Å². The molecule has 23 heavy (non-hydrogen) atoms. The van der Waals surface area contributed by atoms with Gasteiger partial charge in [-0.15, -0.1) is 0 Å². The molecule has 0 spiro atoms.